The standard InChI is InChI=1S/C20H23NO4S/c1-24-20(23)14-16-8-10-17(11-9-16)25-15-19(22)21-12-5-13-26-18-6-3-2-4-7-18/h2-4,6-11H,5,12-15H2,1H3,(H,21,22). The molecule has 0 radical (unpaired) electrons. The SMILES string of the molecule is COC(=O)Cc1ccc(OCC(=O)NCCCSc2ccccc2)cc1. The van der Waals surface area contributed by atoms with Crippen LogP contribution in [0.5, 0.6) is 5.75 Å². The molecule has 0 heterocycles. The molecule has 2 rings (SSSR count). The Morgan fingerprint density at radius 3 is 2.46 bits per heavy atom. The quantitative estimate of drug-likeness (QED) is 0.394. The Labute approximate surface area is 158 Å². The van der Waals surface area contributed by atoms with E-state index in [0.29, 0.717) is 12.3 Å². The van der Waals surface area contributed by atoms with Crippen LogP contribution >= 0.6 is 11.8 Å². The molecule has 0 atom stereocenters. The number of hydrogen-bond acceptors (Lipinski definition) is 5. The minimum atomic E-state index is -0.288. The number of esters is 1. The average Bonchev–Trinajstić information content (AvgIpc) is 2.68. The Morgan fingerprint density at radius 2 is 1.77 bits per heavy atom. The predicted octanol–water partition coefficient (Wildman–Crippen LogP) is 3.08. The monoisotopic (exact) mass is 373 g/mol. The molecule has 0 fully saturated rings. The van der Waals surface area contributed by atoms with Gasteiger partial charge in [0.05, 0.1) is 13.5 Å². The smallest absolute Gasteiger partial charge is 0.309 e. The van der Waals surface area contributed by atoms with Crippen molar-refractivity contribution in [3.05, 3.63) is 60.2 Å². The molecule has 2 aromatic carbocycles. The maximum Gasteiger partial charge on any atom is 0.309 e. The lowest BCUT2D eigenvalue weighted by atomic mass is 10.1. The molecule has 0 spiro atoms. The van der Waals surface area contributed by atoms with E-state index in [2.05, 4.69) is 22.2 Å². The summed E-state index contributed by atoms with van der Waals surface area (Å²) in [6.45, 7) is 0.599. The van der Waals surface area contributed by atoms with Crippen LogP contribution in [0, 0.1) is 0 Å². The largest absolute Gasteiger partial charge is 0.484 e. The van der Waals surface area contributed by atoms with Gasteiger partial charge in [-0.25, -0.2) is 0 Å². The number of benzene rings is 2. The lowest BCUT2D eigenvalue weighted by molar-refractivity contribution is -0.139. The van der Waals surface area contributed by atoms with Gasteiger partial charge in [-0.2, -0.15) is 0 Å². The molecule has 0 aliphatic rings. The molecule has 0 bridgehead atoms. The van der Waals surface area contributed by atoms with E-state index in [4.69, 9.17) is 4.74 Å². The highest BCUT2D eigenvalue weighted by Crippen LogP contribution is 2.17. The van der Waals surface area contributed by atoms with Gasteiger partial charge in [0.1, 0.15) is 5.75 Å². The molecular weight excluding hydrogens is 350 g/mol. The Kier molecular flexibility index (Phi) is 8.55. The van der Waals surface area contributed by atoms with E-state index in [9.17, 15) is 9.59 Å². The second-order valence-corrected chi connectivity index (χ2v) is 6.72. The fraction of sp³-hybridized carbons (Fsp3) is 0.300. The maximum absolute atomic E-state index is 11.8. The summed E-state index contributed by atoms with van der Waals surface area (Å²) in [7, 11) is 1.36. The molecule has 0 saturated carbocycles. The maximum atomic E-state index is 11.8. The van der Waals surface area contributed by atoms with Crippen molar-refractivity contribution in [1.82, 2.24) is 5.32 Å². The van der Waals surface area contributed by atoms with Gasteiger partial charge in [0.15, 0.2) is 6.61 Å². The lowest BCUT2D eigenvalue weighted by Gasteiger charge is -2.08. The van der Waals surface area contributed by atoms with Crippen molar-refractivity contribution in [2.45, 2.75) is 17.7 Å². The molecule has 1 N–H and O–H groups in total. The molecular formula is C20H23NO4S. The normalized spacial score (nSPS) is 10.2. The first-order chi connectivity index (χ1) is 12.7. The zero-order chi connectivity index (χ0) is 18.6. The predicted molar refractivity (Wildman–Crippen MR) is 102 cm³/mol. The summed E-state index contributed by atoms with van der Waals surface area (Å²) in [6, 6.07) is 17.2. The minimum Gasteiger partial charge on any atom is -0.484 e. The third kappa shape index (κ3) is 7.61. The van der Waals surface area contributed by atoms with Crippen LogP contribution in [0.1, 0.15) is 12.0 Å². The second kappa shape index (κ2) is 11.2. The van der Waals surface area contributed by atoms with Crippen LogP contribution in [0.4, 0.5) is 0 Å². The fourth-order valence-corrected chi connectivity index (χ4v) is 3.02. The van der Waals surface area contributed by atoms with E-state index in [-0.39, 0.29) is 24.9 Å². The number of rotatable bonds is 10. The van der Waals surface area contributed by atoms with Crippen LogP contribution < -0.4 is 10.1 Å². The average molecular weight is 373 g/mol. The van der Waals surface area contributed by atoms with Crippen LogP contribution in [0.15, 0.2) is 59.5 Å². The number of methoxy groups -OCH3 is 1. The number of nitrogens with one attached hydrogen (secondary N) is 1. The third-order valence-electron chi connectivity index (χ3n) is 3.52. The summed E-state index contributed by atoms with van der Waals surface area (Å²) in [5.74, 6) is 1.11. The van der Waals surface area contributed by atoms with Gasteiger partial charge in [-0.15, -0.1) is 11.8 Å². The van der Waals surface area contributed by atoms with E-state index >= 15 is 0 Å². The molecule has 1 amide bonds. The number of thioether (sulfide) groups is 1. The summed E-state index contributed by atoms with van der Waals surface area (Å²) < 4.78 is 10.1. The molecule has 0 saturated heterocycles. The van der Waals surface area contributed by atoms with Crippen molar-refractivity contribution in [3.8, 4) is 5.75 Å². The van der Waals surface area contributed by atoms with Crippen molar-refractivity contribution in [1.29, 1.82) is 0 Å². The van der Waals surface area contributed by atoms with Gasteiger partial charge in [0.2, 0.25) is 0 Å². The van der Waals surface area contributed by atoms with Crippen molar-refractivity contribution < 1.29 is 19.1 Å². The van der Waals surface area contributed by atoms with Gasteiger partial charge in [-0.05, 0) is 42.0 Å². The van der Waals surface area contributed by atoms with Gasteiger partial charge in [0.25, 0.3) is 5.91 Å². The second-order valence-electron chi connectivity index (χ2n) is 5.55. The van der Waals surface area contributed by atoms with E-state index in [1.54, 1.807) is 36.0 Å². The van der Waals surface area contributed by atoms with Crippen molar-refractivity contribution >= 4 is 23.6 Å². The Bertz CT molecular complexity index is 689. The summed E-state index contributed by atoms with van der Waals surface area (Å²) in [5, 5.41) is 2.85. The third-order valence-corrected chi connectivity index (χ3v) is 4.62. The van der Waals surface area contributed by atoms with Crippen LogP contribution in [0.2, 0.25) is 0 Å². The molecule has 0 unspecified atom stereocenters. The van der Waals surface area contributed by atoms with Crippen LogP contribution in [0.25, 0.3) is 0 Å². The summed E-state index contributed by atoms with van der Waals surface area (Å²) in [5.41, 5.74) is 0.838. The van der Waals surface area contributed by atoms with Crippen molar-refractivity contribution in [2.24, 2.45) is 0 Å². The van der Waals surface area contributed by atoms with Gasteiger partial charge in [-0.1, -0.05) is 30.3 Å². The Balaban J connectivity index is 1.59. The highest BCUT2D eigenvalue weighted by Gasteiger charge is 2.05. The van der Waals surface area contributed by atoms with E-state index in [1.807, 2.05) is 18.2 Å². The van der Waals surface area contributed by atoms with Crippen LogP contribution in [-0.2, 0) is 20.7 Å². The minimum absolute atomic E-state index is 0.0256. The first-order valence-electron chi connectivity index (χ1n) is 8.40. The molecule has 138 valence electrons. The summed E-state index contributed by atoms with van der Waals surface area (Å²) in [6.07, 6.45) is 1.12. The molecule has 0 aromatic heterocycles. The highest BCUT2D eigenvalue weighted by molar-refractivity contribution is 7.99. The van der Waals surface area contributed by atoms with Crippen molar-refractivity contribution in [3.63, 3.8) is 0 Å². The first-order valence-corrected chi connectivity index (χ1v) is 9.39. The molecule has 0 aliphatic heterocycles. The van der Waals surface area contributed by atoms with Crippen LogP contribution in [0.3, 0.4) is 0 Å². The Hall–Kier alpha value is -2.47. The molecule has 5 nitrogen and oxygen atoms in total. The van der Waals surface area contributed by atoms with Crippen molar-refractivity contribution in [2.75, 3.05) is 26.0 Å². The topological polar surface area (TPSA) is 64.6 Å². The number of carbonyl (C=O) groups excluding carboxylic acids is 2. The molecule has 0 aliphatic carbocycles. The highest BCUT2D eigenvalue weighted by atomic mass is 32.2. The lowest BCUT2D eigenvalue weighted by Crippen LogP contribution is -2.29. The number of hydrogen-bond donors (Lipinski definition) is 1. The molecule has 26 heavy (non-hydrogen) atoms. The number of ether oxygens (including phenoxy) is 2. The Morgan fingerprint density at radius 1 is 1.04 bits per heavy atom. The molecule has 2 aromatic rings. The first kappa shape index (κ1) is 19.8. The van der Waals surface area contributed by atoms with E-state index < -0.39 is 0 Å². The van der Waals surface area contributed by atoms with Gasteiger partial charge in [0, 0.05) is 11.4 Å². The van der Waals surface area contributed by atoms with Gasteiger partial charge >= 0.3 is 5.97 Å². The van der Waals surface area contributed by atoms with Gasteiger partial charge in [-0.3, -0.25) is 9.59 Å². The van der Waals surface area contributed by atoms with Gasteiger partial charge < -0.3 is 14.8 Å². The summed E-state index contributed by atoms with van der Waals surface area (Å²) in [4.78, 5) is 24.2. The van der Waals surface area contributed by atoms with E-state index in [1.165, 1.54) is 12.0 Å². The number of carbonyl (C=O) groups is 2. The summed E-state index contributed by atoms with van der Waals surface area (Å²) >= 11 is 1.77. The van der Waals surface area contributed by atoms with E-state index in [0.717, 1.165) is 17.7 Å². The zero-order valence-corrected chi connectivity index (χ0v) is 15.6. The number of amides is 1. The zero-order valence-electron chi connectivity index (χ0n) is 14.8. The fourth-order valence-electron chi connectivity index (χ4n) is 2.15. The van der Waals surface area contributed by atoms with Crippen LogP contribution in [-0.4, -0.2) is 37.9 Å². The molecule has 6 heteroatoms.